The molecule has 0 radical (unpaired) electrons. The topological polar surface area (TPSA) is 76.7 Å². The van der Waals surface area contributed by atoms with Crippen molar-refractivity contribution in [3.8, 4) is 11.5 Å². The molecule has 6 heteroatoms. The smallest absolute Gasteiger partial charge is 0.276 e. The third-order valence-corrected chi connectivity index (χ3v) is 3.24. The maximum Gasteiger partial charge on any atom is 0.276 e. The molecule has 0 bridgehead atoms. The Morgan fingerprint density at radius 1 is 1.00 bits per heavy atom. The molecule has 0 atom stereocenters. The highest BCUT2D eigenvalue weighted by Crippen LogP contribution is 2.17. The van der Waals surface area contributed by atoms with Crippen LogP contribution in [0.2, 0.25) is 0 Å². The van der Waals surface area contributed by atoms with E-state index in [2.05, 4.69) is 10.9 Å². The van der Waals surface area contributed by atoms with Crippen molar-refractivity contribution in [2.24, 2.45) is 0 Å². The Balaban J connectivity index is 1.76. The number of methoxy groups -OCH3 is 1. The molecule has 0 aliphatic rings. The first-order valence-electron chi connectivity index (χ1n) is 7.47. The summed E-state index contributed by atoms with van der Waals surface area (Å²) in [7, 11) is 1.54. The molecular weight excluding hydrogens is 308 g/mol. The van der Waals surface area contributed by atoms with Crippen LogP contribution in [0.25, 0.3) is 0 Å². The van der Waals surface area contributed by atoms with Gasteiger partial charge in [0.25, 0.3) is 5.91 Å². The van der Waals surface area contributed by atoms with E-state index in [1.165, 1.54) is 0 Å². The van der Waals surface area contributed by atoms with Gasteiger partial charge in [-0.1, -0.05) is 30.3 Å². The highest BCUT2D eigenvalue weighted by atomic mass is 16.5. The Labute approximate surface area is 140 Å². The normalized spacial score (nSPS) is 9.92. The molecule has 0 saturated carbocycles. The molecule has 6 nitrogen and oxygen atoms in total. The summed E-state index contributed by atoms with van der Waals surface area (Å²) in [5, 5.41) is 0. The SMILES string of the molecule is COc1ccccc1CC(=O)NNC(=O)COc1cccc(C)c1. The van der Waals surface area contributed by atoms with E-state index in [1.54, 1.807) is 25.3 Å². The van der Waals surface area contributed by atoms with Crippen LogP contribution in [-0.2, 0) is 16.0 Å². The largest absolute Gasteiger partial charge is 0.496 e. The number of hydrogen-bond donors (Lipinski definition) is 2. The number of aryl methyl sites for hydroxylation is 1. The number of carbonyl (C=O) groups excluding carboxylic acids is 2. The quantitative estimate of drug-likeness (QED) is 0.793. The first-order chi connectivity index (χ1) is 11.6. The maximum atomic E-state index is 11.9. The molecule has 126 valence electrons. The van der Waals surface area contributed by atoms with Crippen molar-refractivity contribution >= 4 is 11.8 Å². The van der Waals surface area contributed by atoms with Gasteiger partial charge in [0.1, 0.15) is 11.5 Å². The average molecular weight is 328 g/mol. The van der Waals surface area contributed by atoms with E-state index < -0.39 is 5.91 Å². The summed E-state index contributed by atoms with van der Waals surface area (Å²) >= 11 is 0. The first-order valence-corrected chi connectivity index (χ1v) is 7.47. The predicted octanol–water partition coefficient (Wildman–Crippen LogP) is 1.77. The summed E-state index contributed by atoms with van der Waals surface area (Å²) < 4.78 is 10.5. The third kappa shape index (κ3) is 5.31. The molecule has 0 fully saturated rings. The highest BCUT2D eigenvalue weighted by Gasteiger charge is 2.09. The summed E-state index contributed by atoms with van der Waals surface area (Å²) in [6, 6.07) is 14.6. The van der Waals surface area contributed by atoms with Crippen molar-refractivity contribution in [3.05, 3.63) is 59.7 Å². The molecule has 0 spiro atoms. The van der Waals surface area contributed by atoms with Crippen molar-refractivity contribution in [1.29, 1.82) is 0 Å². The number of carbonyl (C=O) groups is 2. The number of benzene rings is 2. The van der Waals surface area contributed by atoms with Gasteiger partial charge in [-0.25, -0.2) is 0 Å². The number of ether oxygens (including phenoxy) is 2. The van der Waals surface area contributed by atoms with Crippen LogP contribution in [0, 0.1) is 6.92 Å². The molecule has 2 aromatic rings. The van der Waals surface area contributed by atoms with Crippen LogP contribution in [0.1, 0.15) is 11.1 Å². The molecule has 0 aliphatic heterocycles. The summed E-state index contributed by atoms with van der Waals surface area (Å²) in [5.41, 5.74) is 6.46. The zero-order valence-electron chi connectivity index (χ0n) is 13.7. The van der Waals surface area contributed by atoms with Gasteiger partial charge in [0.05, 0.1) is 13.5 Å². The van der Waals surface area contributed by atoms with Crippen molar-refractivity contribution < 1.29 is 19.1 Å². The lowest BCUT2D eigenvalue weighted by Crippen LogP contribution is -2.44. The lowest BCUT2D eigenvalue weighted by molar-refractivity contribution is -0.129. The third-order valence-electron chi connectivity index (χ3n) is 3.24. The van der Waals surface area contributed by atoms with Gasteiger partial charge in [0.15, 0.2) is 6.61 Å². The molecule has 2 amide bonds. The Hall–Kier alpha value is -3.02. The highest BCUT2D eigenvalue weighted by molar-refractivity contribution is 5.84. The van der Waals surface area contributed by atoms with E-state index in [0.29, 0.717) is 11.5 Å². The van der Waals surface area contributed by atoms with E-state index in [1.807, 2.05) is 37.3 Å². The van der Waals surface area contributed by atoms with Crippen LogP contribution >= 0.6 is 0 Å². The Kier molecular flexibility index (Phi) is 6.19. The molecular formula is C18H20N2O4. The van der Waals surface area contributed by atoms with Crippen LogP contribution in [0.3, 0.4) is 0 Å². The van der Waals surface area contributed by atoms with E-state index in [9.17, 15) is 9.59 Å². The zero-order valence-corrected chi connectivity index (χ0v) is 13.7. The minimum Gasteiger partial charge on any atom is -0.496 e. The maximum absolute atomic E-state index is 11.9. The summed E-state index contributed by atoms with van der Waals surface area (Å²) in [6.45, 7) is 1.75. The minimum atomic E-state index is -0.440. The number of hydrogen-bond acceptors (Lipinski definition) is 4. The van der Waals surface area contributed by atoms with Crippen molar-refractivity contribution in [3.63, 3.8) is 0 Å². The number of hydrazine groups is 1. The molecule has 0 aromatic heterocycles. The monoisotopic (exact) mass is 328 g/mol. The average Bonchev–Trinajstić information content (AvgIpc) is 2.58. The van der Waals surface area contributed by atoms with Crippen molar-refractivity contribution in [1.82, 2.24) is 10.9 Å². The first kappa shape index (κ1) is 17.3. The fourth-order valence-corrected chi connectivity index (χ4v) is 2.10. The second-order valence-electron chi connectivity index (χ2n) is 5.19. The van der Waals surface area contributed by atoms with Gasteiger partial charge in [-0.3, -0.25) is 20.4 Å². The Bertz CT molecular complexity index is 716. The van der Waals surface area contributed by atoms with Crippen LogP contribution in [0.4, 0.5) is 0 Å². The second-order valence-corrected chi connectivity index (χ2v) is 5.19. The van der Waals surface area contributed by atoms with E-state index in [0.717, 1.165) is 11.1 Å². The fraction of sp³-hybridized carbons (Fsp3) is 0.222. The zero-order chi connectivity index (χ0) is 17.4. The van der Waals surface area contributed by atoms with Gasteiger partial charge in [0.2, 0.25) is 5.91 Å². The number of para-hydroxylation sites is 1. The second kappa shape index (κ2) is 8.57. The van der Waals surface area contributed by atoms with E-state index in [-0.39, 0.29) is 18.9 Å². The van der Waals surface area contributed by atoms with Crippen molar-refractivity contribution in [2.75, 3.05) is 13.7 Å². The standard InChI is InChI=1S/C18H20N2O4/c1-13-6-5-8-15(10-13)24-12-18(22)20-19-17(21)11-14-7-3-4-9-16(14)23-2/h3-10H,11-12H2,1-2H3,(H,19,21)(H,20,22). The summed E-state index contributed by atoms with van der Waals surface area (Å²) in [4.78, 5) is 23.6. The molecule has 0 heterocycles. The van der Waals surface area contributed by atoms with Gasteiger partial charge in [0, 0.05) is 5.56 Å². The van der Waals surface area contributed by atoms with Gasteiger partial charge in [-0.2, -0.15) is 0 Å². The summed E-state index contributed by atoms with van der Waals surface area (Å²) in [5.74, 6) is 0.445. The molecule has 0 unspecified atom stereocenters. The molecule has 2 rings (SSSR count). The minimum absolute atomic E-state index is 0.100. The number of nitrogens with one attached hydrogen (secondary N) is 2. The summed E-state index contributed by atoms with van der Waals surface area (Å²) in [6.07, 6.45) is 0.100. The van der Waals surface area contributed by atoms with E-state index >= 15 is 0 Å². The van der Waals surface area contributed by atoms with Crippen LogP contribution in [0.5, 0.6) is 11.5 Å². The Morgan fingerprint density at radius 2 is 1.75 bits per heavy atom. The molecule has 24 heavy (non-hydrogen) atoms. The molecule has 2 N–H and O–H groups in total. The molecule has 0 aliphatic carbocycles. The van der Waals surface area contributed by atoms with Crippen LogP contribution in [-0.4, -0.2) is 25.5 Å². The van der Waals surface area contributed by atoms with Gasteiger partial charge >= 0.3 is 0 Å². The molecule has 0 saturated heterocycles. The van der Waals surface area contributed by atoms with Gasteiger partial charge in [-0.15, -0.1) is 0 Å². The number of amides is 2. The lowest BCUT2D eigenvalue weighted by atomic mass is 10.1. The van der Waals surface area contributed by atoms with Crippen molar-refractivity contribution in [2.45, 2.75) is 13.3 Å². The van der Waals surface area contributed by atoms with Gasteiger partial charge < -0.3 is 9.47 Å². The number of rotatable bonds is 6. The fourth-order valence-electron chi connectivity index (χ4n) is 2.10. The van der Waals surface area contributed by atoms with Gasteiger partial charge in [-0.05, 0) is 30.7 Å². The van der Waals surface area contributed by atoms with Crippen LogP contribution in [0.15, 0.2) is 48.5 Å². The van der Waals surface area contributed by atoms with Crippen LogP contribution < -0.4 is 20.3 Å². The lowest BCUT2D eigenvalue weighted by Gasteiger charge is -2.10. The van der Waals surface area contributed by atoms with E-state index in [4.69, 9.17) is 9.47 Å². The predicted molar refractivity (Wildman–Crippen MR) is 89.7 cm³/mol. The molecule has 2 aromatic carbocycles. The Morgan fingerprint density at radius 3 is 2.50 bits per heavy atom.